The highest BCUT2D eigenvalue weighted by Gasteiger charge is 2.17. The molecule has 6 heteroatoms. The summed E-state index contributed by atoms with van der Waals surface area (Å²) in [5.74, 6) is 0.465. The number of anilines is 1. The summed E-state index contributed by atoms with van der Waals surface area (Å²) in [6, 6.07) is 5.90. The first-order valence-corrected chi connectivity index (χ1v) is 8.42. The molecule has 0 unspecified atom stereocenters. The Hall–Kier alpha value is -1.40. The van der Waals surface area contributed by atoms with Crippen LogP contribution in [0.15, 0.2) is 29.2 Å². The Morgan fingerprint density at radius 3 is 2.30 bits per heavy atom. The lowest BCUT2D eigenvalue weighted by Gasteiger charge is -2.20. The quantitative estimate of drug-likeness (QED) is 0.893. The molecule has 0 heterocycles. The second-order valence-corrected chi connectivity index (χ2v) is 6.89. The van der Waals surface area contributed by atoms with E-state index in [9.17, 15) is 13.2 Å². The number of nitrogens with two attached hydrogens (primary N) is 1. The van der Waals surface area contributed by atoms with Crippen LogP contribution in [0.5, 0.6) is 0 Å². The molecule has 1 fully saturated rings. The Balaban J connectivity index is 1.91. The van der Waals surface area contributed by atoms with Crippen LogP contribution in [0.1, 0.15) is 38.5 Å². The molecule has 0 atom stereocenters. The Labute approximate surface area is 119 Å². The van der Waals surface area contributed by atoms with Crippen LogP contribution in [0.25, 0.3) is 0 Å². The van der Waals surface area contributed by atoms with Crippen molar-refractivity contribution in [2.24, 2.45) is 11.1 Å². The van der Waals surface area contributed by atoms with E-state index in [1.807, 2.05) is 0 Å². The molecule has 0 spiro atoms. The summed E-state index contributed by atoms with van der Waals surface area (Å²) >= 11 is 0. The number of rotatable bonds is 4. The largest absolute Gasteiger partial charge is 0.326 e. The molecule has 1 aromatic carbocycles. The van der Waals surface area contributed by atoms with E-state index in [4.69, 9.17) is 5.14 Å². The van der Waals surface area contributed by atoms with E-state index in [1.54, 1.807) is 12.1 Å². The highest BCUT2D eigenvalue weighted by Crippen LogP contribution is 2.26. The van der Waals surface area contributed by atoms with E-state index in [0.29, 0.717) is 18.0 Å². The van der Waals surface area contributed by atoms with Crippen molar-refractivity contribution < 1.29 is 13.2 Å². The third-order valence-electron chi connectivity index (χ3n) is 3.67. The van der Waals surface area contributed by atoms with Gasteiger partial charge in [-0.15, -0.1) is 0 Å². The van der Waals surface area contributed by atoms with Crippen LogP contribution >= 0.6 is 0 Å². The van der Waals surface area contributed by atoms with Crippen molar-refractivity contribution in [1.29, 1.82) is 0 Å². The van der Waals surface area contributed by atoms with Gasteiger partial charge < -0.3 is 5.32 Å². The maximum Gasteiger partial charge on any atom is 0.238 e. The topological polar surface area (TPSA) is 89.3 Å². The lowest BCUT2D eigenvalue weighted by molar-refractivity contribution is -0.117. The summed E-state index contributed by atoms with van der Waals surface area (Å²) in [6.07, 6.45) is 6.47. The first kappa shape index (κ1) is 15.0. The van der Waals surface area contributed by atoms with Crippen LogP contribution in [-0.2, 0) is 14.8 Å². The maximum atomic E-state index is 11.9. The van der Waals surface area contributed by atoms with E-state index in [-0.39, 0.29) is 10.8 Å². The SMILES string of the molecule is NS(=O)(=O)c1ccc(NC(=O)CC2CCCCC2)cc1. The number of carbonyl (C=O) groups excluding carboxylic acids is 1. The van der Waals surface area contributed by atoms with Crippen LogP contribution in [0.3, 0.4) is 0 Å². The molecular formula is C14H20N2O3S. The van der Waals surface area contributed by atoms with Gasteiger partial charge in [-0.2, -0.15) is 0 Å². The number of primary sulfonamides is 1. The lowest BCUT2D eigenvalue weighted by atomic mass is 9.87. The number of sulfonamides is 1. The van der Waals surface area contributed by atoms with Gasteiger partial charge in [0.1, 0.15) is 0 Å². The minimum absolute atomic E-state index is 0.0137. The molecule has 1 aromatic rings. The zero-order valence-corrected chi connectivity index (χ0v) is 12.2. The third-order valence-corrected chi connectivity index (χ3v) is 4.59. The Morgan fingerprint density at radius 2 is 1.75 bits per heavy atom. The summed E-state index contributed by atoms with van der Waals surface area (Å²) in [4.78, 5) is 12.0. The molecule has 2 rings (SSSR count). The van der Waals surface area contributed by atoms with Crippen molar-refractivity contribution in [3.63, 3.8) is 0 Å². The van der Waals surface area contributed by atoms with Crippen molar-refractivity contribution in [1.82, 2.24) is 0 Å². The van der Waals surface area contributed by atoms with Crippen LogP contribution in [0.4, 0.5) is 5.69 Å². The standard InChI is InChI=1S/C14H20N2O3S/c15-20(18,19)13-8-6-12(7-9-13)16-14(17)10-11-4-2-1-3-5-11/h6-9,11H,1-5,10H2,(H,16,17)(H2,15,18,19). The minimum atomic E-state index is -3.68. The van der Waals surface area contributed by atoms with Crippen LogP contribution in [0, 0.1) is 5.92 Å². The summed E-state index contributed by atoms with van der Waals surface area (Å²) in [7, 11) is -3.68. The zero-order valence-electron chi connectivity index (χ0n) is 11.3. The second-order valence-electron chi connectivity index (χ2n) is 5.33. The summed E-state index contributed by atoms with van der Waals surface area (Å²) in [6.45, 7) is 0. The predicted octanol–water partition coefficient (Wildman–Crippen LogP) is 2.24. The van der Waals surface area contributed by atoms with Crippen molar-refractivity contribution in [3.05, 3.63) is 24.3 Å². The van der Waals surface area contributed by atoms with Gasteiger partial charge in [0, 0.05) is 12.1 Å². The normalized spacial score (nSPS) is 16.9. The molecule has 1 aliphatic rings. The van der Waals surface area contributed by atoms with E-state index in [1.165, 1.54) is 31.4 Å². The van der Waals surface area contributed by atoms with Crippen molar-refractivity contribution in [2.75, 3.05) is 5.32 Å². The fourth-order valence-electron chi connectivity index (χ4n) is 2.59. The molecule has 0 saturated heterocycles. The molecule has 1 aliphatic carbocycles. The molecule has 0 aromatic heterocycles. The fraction of sp³-hybridized carbons (Fsp3) is 0.500. The molecule has 1 amide bonds. The highest BCUT2D eigenvalue weighted by atomic mass is 32.2. The second kappa shape index (κ2) is 6.37. The molecule has 110 valence electrons. The van der Waals surface area contributed by atoms with E-state index < -0.39 is 10.0 Å². The van der Waals surface area contributed by atoms with Crippen molar-refractivity contribution >= 4 is 21.6 Å². The third kappa shape index (κ3) is 4.31. The molecule has 5 nitrogen and oxygen atoms in total. The highest BCUT2D eigenvalue weighted by molar-refractivity contribution is 7.89. The van der Waals surface area contributed by atoms with Crippen LogP contribution in [0.2, 0.25) is 0 Å². The number of benzene rings is 1. The van der Waals surface area contributed by atoms with Crippen molar-refractivity contribution in [3.8, 4) is 0 Å². The Kier molecular flexibility index (Phi) is 4.77. The van der Waals surface area contributed by atoms with Gasteiger partial charge >= 0.3 is 0 Å². The van der Waals surface area contributed by atoms with Gasteiger partial charge in [0.05, 0.1) is 4.90 Å². The van der Waals surface area contributed by atoms with Crippen LogP contribution < -0.4 is 10.5 Å². The molecule has 0 bridgehead atoms. The maximum absolute atomic E-state index is 11.9. The molecule has 3 N–H and O–H groups in total. The summed E-state index contributed by atoms with van der Waals surface area (Å²) in [5, 5.41) is 7.81. The average Bonchev–Trinajstić information content (AvgIpc) is 2.39. The minimum Gasteiger partial charge on any atom is -0.326 e. The van der Waals surface area contributed by atoms with E-state index >= 15 is 0 Å². The van der Waals surface area contributed by atoms with Gasteiger partial charge in [-0.3, -0.25) is 4.79 Å². The number of hydrogen-bond donors (Lipinski definition) is 2. The zero-order chi connectivity index (χ0) is 14.6. The average molecular weight is 296 g/mol. The Bertz CT molecular complexity index is 561. The first-order valence-electron chi connectivity index (χ1n) is 6.88. The fourth-order valence-corrected chi connectivity index (χ4v) is 3.11. The molecule has 0 radical (unpaired) electrons. The van der Waals surface area contributed by atoms with Crippen LogP contribution in [-0.4, -0.2) is 14.3 Å². The smallest absolute Gasteiger partial charge is 0.238 e. The Morgan fingerprint density at radius 1 is 1.15 bits per heavy atom. The summed E-state index contributed by atoms with van der Waals surface area (Å²) in [5.41, 5.74) is 0.596. The van der Waals surface area contributed by atoms with Gasteiger partial charge in [0.25, 0.3) is 0 Å². The summed E-state index contributed by atoms with van der Waals surface area (Å²) < 4.78 is 22.2. The lowest BCUT2D eigenvalue weighted by Crippen LogP contribution is -2.18. The van der Waals surface area contributed by atoms with Gasteiger partial charge in [0.2, 0.25) is 15.9 Å². The molecular weight excluding hydrogens is 276 g/mol. The van der Waals surface area contributed by atoms with Gasteiger partial charge in [-0.1, -0.05) is 19.3 Å². The van der Waals surface area contributed by atoms with Gasteiger partial charge in [0.15, 0.2) is 0 Å². The molecule has 0 aliphatic heterocycles. The van der Waals surface area contributed by atoms with Gasteiger partial charge in [-0.05, 0) is 43.0 Å². The predicted molar refractivity (Wildman–Crippen MR) is 77.6 cm³/mol. The molecule has 20 heavy (non-hydrogen) atoms. The number of nitrogens with one attached hydrogen (secondary N) is 1. The van der Waals surface area contributed by atoms with Gasteiger partial charge in [-0.25, -0.2) is 13.6 Å². The number of carbonyl (C=O) groups is 1. The first-order chi connectivity index (χ1) is 9.45. The number of amides is 1. The number of hydrogen-bond acceptors (Lipinski definition) is 3. The van der Waals surface area contributed by atoms with E-state index in [0.717, 1.165) is 12.8 Å². The molecule has 1 saturated carbocycles. The van der Waals surface area contributed by atoms with E-state index in [2.05, 4.69) is 5.32 Å². The van der Waals surface area contributed by atoms with Crippen molar-refractivity contribution in [2.45, 2.75) is 43.4 Å². The monoisotopic (exact) mass is 296 g/mol.